The van der Waals surface area contributed by atoms with Crippen molar-refractivity contribution < 1.29 is 61.9 Å². The van der Waals surface area contributed by atoms with E-state index in [2.05, 4.69) is 4.85 Å². The lowest BCUT2D eigenvalue weighted by molar-refractivity contribution is -0.127. The average molecular weight is 772 g/mol. The van der Waals surface area contributed by atoms with Crippen LogP contribution in [-0.4, -0.2) is 140 Å². The highest BCUT2D eigenvalue weighted by Crippen LogP contribution is 2.27. The summed E-state index contributed by atoms with van der Waals surface area (Å²) in [6.07, 6.45) is 4.81. The summed E-state index contributed by atoms with van der Waals surface area (Å²) in [7, 11) is 0. The second kappa shape index (κ2) is 35.0. The minimum absolute atomic E-state index is 0.00650. The van der Waals surface area contributed by atoms with E-state index in [0.29, 0.717) is 137 Å². The Bertz CT molecular complexity index is 1060. The molecule has 0 aromatic carbocycles. The van der Waals surface area contributed by atoms with Gasteiger partial charge in [-0.15, -0.1) is 0 Å². The SMILES string of the molecule is [C-]#[N+]C(C)(CCC(=O)CCCOCCOCC(=O)CCCOCCOCC(=O)CCCOCCOCC(=O)CCCOCCOCC(=O)C(C)C)C(C)C. The van der Waals surface area contributed by atoms with Gasteiger partial charge in [-0.1, -0.05) is 27.7 Å². The standard InChI is InChI=1S/C40H69NO13/c1-33(2)39(46)32-54-28-24-50-20-10-14-38(45)31-53-27-23-49-19-9-13-37(44)30-52-26-22-48-18-8-12-36(43)29-51-25-21-47-17-7-11-35(42)15-16-40(5,41-6)34(3)4/h33-34H,7-32H2,1-5H3. The number of carbonyl (C=O) groups is 5. The van der Waals surface area contributed by atoms with Crippen molar-refractivity contribution in [3.63, 3.8) is 0 Å². The van der Waals surface area contributed by atoms with Gasteiger partial charge < -0.3 is 42.7 Å². The van der Waals surface area contributed by atoms with Crippen LogP contribution in [0.1, 0.15) is 98.8 Å². The zero-order chi connectivity index (χ0) is 40.3. The highest BCUT2D eigenvalue weighted by atomic mass is 16.5. The van der Waals surface area contributed by atoms with E-state index < -0.39 is 5.54 Å². The summed E-state index contributed by atoms with van der Waals surface area (Å²) in [5, 5.41) is 0. The zero-order valence-electron chi connectivity index (χ0n) is 33.8. The van der Waals surface area contributed by atoms with E-state index >= 15 is 0 Å². The van der Waals surface area contributed by atoms with Gasteiger partial charge in [0.05, 0.1) is 52.9 Å². The van der Waals surface area contributed by atoms with Crippen LogP contribution in [0.2, 0.25) is 0 Å². The summed E-state index contributed by atoms with van der Waals surface area (Å²) in [5.74, 6) is 0.320. The third-order valence-electron chi connectivity index (χ3n) is 8.55. The number of rotatable bonds is 41. The number of hydrogen-bond acceptors (Lipinski definition) is 13. The summed E-state index contributed by atoms with van der Waals surface area (Å²) in [5.41, 5.74) is -0.494. The van der Waals surface area contributed by atoms with Gasteiger partial charge in [-0.05, 0) is 25.7 Å². The zero-order valence-corrected chi connectivity index (χ0v) is 33.8. The van der Waals surface area contributed by atoms with Gasteiger partial charge >= 0.3 is 0 Å². The van der Waals surface area contributed by atoms with Crippen LogP contribution in [0.4, 0.5) is 0 Å². The van der Waals surface area contributed by atoms with E-state index in [1.54, 1.807) is 0 Å². The van der Waals surface area contributed by atoms with Gasteiger partial charge in [0.25, 0.3) is 0 Å². The van der Waals surface area contributed by atoms with E-state index in [9.17, 15) is 24.0 Å². The minimum Gasteiger partial charge on any atom is -0.379 e. The monoisotopic (exact) mass is 771 g/mol. The first-order valence-corrected chi connectivity index (χ1v) is 19.5. The molecule has 0 heterocycles. The van der Waals surface area contributed by atoms with Crippen molar-refractivity contribution in [3.05, 3.63) is 11.4 Å². The number of ketones is 5. The molecule has 54 heavy (non-hydrogen) atoms. The topological polar surface area (TPSA) is 164 Å². The normalized spacial score (nSPS) is 12.6. The molecule has 1 atom stereocenters. The minimum atomic E-state index is -0.494. The summed E-state index contributed by atoms with van der Waals surface area (Å²) >= 11 is 0. The second-order valence-electron chi connectivity index (χ2n) is 14.0. The van der Waals surface area contributed by atoms with Crippen molar-refractivity contribution in [2.24, 2.45) is 11.8 Å². The molecule has 1 unspecified atom stereocenters. The van der Waals surface area contributed by atoms with Crippen LogP contribution in [0, 0.1) is 18.4 Å². The molecule has 0 saturated heterocycles. The quantitative estimate of drug-likeness (QED) is 0.0613. The smallest absolute Gasteiger partial charge is 0.232 e. The highest BCUT2D eigenvalue weighted by molar-refractivity contribution is 5.81. The molecule has 0 aromatic rings. The van der Waals surface area contributed by atoms with Crippen LogP contribution in [0.5, 0.6) is 0 Å². The Labute approximate surface area is 323 Å². The molecular formula is C40H69NO13. The maximum Gasteiger partial charge on any atom is 0.232 e. The summed E-state index contributed by atoms with van der Waals surface area (Å²) in [6.45, 7) is 21.4. The molecule has 14 heteroatoms. The Kier molecular flexibility index (Phi) is 33.4. The lowest BCUT2D eigenvalue weighted by Crippen LogP contribution is -2.28. The predicted octanol–water partition coefficient (Wildman–Crippen LogP) is 4.86. The molecule has 14 nitrogen and oxygen atoms in total. The van der Waals surface area contributed by atoms with Gasteiger partial charge in [0, 0.05) is 83.7 Å². The predicted molar refractivity (Wildman–Crippen MR) is 202 cm³/mol. The Morgan fingerprint density at radius 1 is 0.463 bits per heavy atom. The fourth-order valence-corrected chi connectivity index (χ4v) is 4.47. The van der Waals surface area contributed by atoms with Gasteiger partial charge in [-0.25, -0.2) is 6.57 Å². The van der Waals surface area contributed by atoms with Crippen LogP contribution in [-0.2, 0) is 61.9 Å². The Balaban J connectivity index is 3.45. The Morgan fingerprint density at radius 2 is 0.778 bits per heavy atom. The number of hydrogen-bond donors (Lipinski definition) is 0. The highest BCUT2D eigenvalue weighted by Gasteiger charge is 2.34. The number of Topliss-reactive ketones (excluding diaryl/α,β-unsaturated/α-hetero) is 5. The molecule has 0 fully saturated rings. The molecule has 0 bridgehead atoms. The van der Waals surface area contributed by atoms with Crippen molar-refractivity contribution in [1.29, 1.82) is 0 Å². The first-order valence-electron chi connectivity index (χ1n) is 19.5. The summed E-state index contributed by atoms with van der Waals surface area (Å²) in [6, 6.07) is 0. The Morgan fingerprint density at radius 3 is 1.09 bits per heavy atom. The largest absolute Gasteiger partial charge is 0.379 e. The van der Waals surface area contributed by atoms with E-state index in [-0.39, 0.29) is 73.8 Å². The fraction of sp³-hybridized carbons (Fsp3) is 0.850. The summed E-state index contributed by atoms with van der Waals surface area (Å²) < 4.78 is 43.1. The van der Waals surface area contributed by atoms with E-state index in [1.165, 1.54) is 0 Å². The van der Waals surface area contributed by atoms with Gasteiger partial charge in [0.15, 0.2) is 23.1 Å². The molecule has 0 N–H and O–H groups in total. The number of ether oxygens (including phenoxy) is 8. The molecule has 0 amide bonds. The lowest BCUT2D eigenvalue weighted by Gasteiger charge is -2.20. The Hall–Kier alpha value is -2.48. The average Bonchev–Trinajstić information content (AvgIpc) is 3.14. The van der Waals surface area contributed by atoms with E-state index in [1.807, 2.05) is 34.6 Å². The van der Waals surface area contributed by atoms with Crippen molar-refractivity contribution in [2.75, 3.05) is 106 Å². The molecule has 0 saturated carbocycles. The molecule has 0 aliphatic rings. The molecular weight excluding hydrogens is 702 g/mol. The van der Waals surface area contributed by atoms with Gasteiger partial charge in [-0.2, -0.15) is 0 Å². The van der Waals surface area contributed by atoms with Gasteiger partial charge in [0.1, 0.15) is 32.2 Å². The van der Waals surface area contributed by atoms with Gasteiger partial charge in [-0.3, -0.25) is 24.0 Å². The maximum absolute atomic E-state index is 12.1. The van der Waals surface area contributed by atoms with E-state index in [4.69, 9.17) is 44.5 Å². The first-order chi connectivity index (χ1) is 25.9. The van der Waals surface area contributed by atoms with Crippen molar-refractivity contribution in [2.45, 2.75) is 104 Å². The van der Waals surface area contributed by atoms with Crippen LogP contribution >= 0.6 is 0 Å². The first kappa shape index (κ1) is 51.5. The summed E-state index contributed by atoms with van der Waals surface area (Å²) in [4.78, 5) is 63.1. The molecule has 0 spiro atoms. The number of nitrogens with zero attached hydrogens (tertiary/aromatic N) is 1. The fourth-order valence-electron chi connectivity index (χ4n) is 4.47. The van der Waals surface area contributed by atoms with Crippen LogP contribution in [0.25, 0.3) is 4.85 Å². The third-order valence-corrected chi connectivity index (χ3v) is 8.55. The van der Waals surface area contributed by atoms with Crippen LogP contribution in [0.3, 0.4) is 0 Å². The molecule has 0 rings (SSSR count). The third kappa shape index (κ3) is 31.8. The molecule has 312 valence electrons. The van der Waals surface area contributed by atoms with Crippen molar-refractivity contribution in [3.8, 4) is 0 Å². The number of carbonyl (C=O) groups excluding carboxylic acids is 5. The second-order valence-corrected chi connectivity index (χ2v) is 14.0. The van der Waals surface area contributed by atoms with Crippen LogP contribution < -0.4 is 0 Å². The molecule has 0 radical (unpaired) electrons. The molecule has 0 aliphatic carbocycles. The van der Waals surface area contributed by atoms with E-state index in [0.717, 1.165) is 0 Å². The maximum atomic E-state index is 12.1. The van der Waals surface area contributed by atoms with Gasteiger partial charge in [0.2, 0.25) is 5.54 Å². The lowest BCUT2D eigenvalue weighted by atomic mass is 9.84. The molecule has 0 aromatic heterocycles. The van der Waals surface area contributed by atoms with Crippen molar-refractivity contribution in [1.82, 2.24) is 0 Å². The van der Waals surface area contributed by atoms with Crippen molar-refractivity contribution >= 4 is 28.9 Å². The van der Waals surface area contributed by atoms with Crippen LogP contribution in [0.15, 0.2) is 0 Å². The molecule has 0 aliphatic heterocycles.